The Kier molecular flexibility index (Phi) is 4.84. The molecule has 0 saturated heterocycles. The fourth-order valence-electron chi connectivity index (χ4n) is 2.01. The Morgan fingerprint density at radius 3 is 1.89 bits per heavy atom. The van der Waals surface area contributed by atoms with Crippen LogP contribution in [0.4, 0.5) is 0 Å². The average Bonchev–Trinajstić information content (AvgIpc) is 2.46. The highest BCUT2D eigenvalue weighted by molar-refractivity contribution is 9.08. The lowest BCUT2D eigenvalue weighted by Crippen LogP contribution is -1.96. The lowest BCUT2D eigenvalue weighted by Gasteiger charge is -2.13. The molecule has 0 N–H and O–H groups in total. The Bertz CT molecular complexity index is 498. The van der Waals surface area contributed by atoms with E-state index in [1.54, 1.807) is 7.11 Å². The summed E-state index contributed by atoms with van der Waals surface area (Å²) in [5.74, 6) is 0.962. The summed E-state index contributed by atoms with van der Waals surface area (Å²) in [6.45, 7) is 0. The van der Waals surface area contributed by atoms with Crippen LogP contribution in [0.2, 0.25) is 0 Å². The molecule has 1 nitrogen and oxygen atoms in total. The van der Waals surface area contributed by atoms with E-state index in [2.05, 4.69) is 68.3 Å². The quantitative estimate of drug-likeness (QED) is 0.677. The van der Waals surface area contributed by atoms with Crippen LogP contribution in [-0.4, -0.2) is 7.11 Å². The molecule has 0 atom stereocenters. The predicted octanol–water partition coefficient (Wildman–Crippen LogP) is 5.15. The standard InChI is InChI=1S/C15H14Br2O/c1-18-15-13(9-16)7-12(8-14(15)10-17)11-5-3-2-4-6-11/h2-8H,9-10H2,1H3. The maximum atomic E-state index is 5.49. The number of halogens is 2. The largest absolute Gasteiger partial charge is 0.496 e. The Morgan fingerprint density at radius 1 is 0.889 bits per heavy atom. The predicted molar refractivity (Wildman–Crippen MR) is 83.7 cm³/mol. The first-order valence-electron chi connectivity index (χ1n) is 5.67. The average molecular weight is 370 g/mol. The van der Waals surface area contributed by atoms with Crippen molar-refractivity contribution in [1.29, 1.82) is 0 Å². The number of hydrogen-bond donors (Lipinski definition) is 0. The van der Waals surface area contributed by atoms with E-state index in [4.69, 9.17) is 4.74 Å². The van der Waals surface area contributed by atoms with E-state index in [0.29, 0.717) is 0 Å². The smallest absolute Gasteiger partial charge is 0.126 e. The van der Waals surface area contributed by atoms with Crippen molar-refractivity contribution in [3.8, 4) is 16.9 Å². The Labute approximate surface area is 124 Å². The third-order valence-electron chi connectivity index (χ3n) is 2.84. The van der Waals surface area contributed by atoms with Crippen molar-refractivity contribution in [3.05, 3.63) is 53.6 Å². The molecule has 3 heteroatoms. The lowest BCUT2D eigenvalue weighted by atomic mass is 10.00. The molecule has 0 aliphatic carbocycles. The second-order valence-electron chi connectivity index (χ2n) is 3.96. The van der Waals surface area contributed by atoms with Crippen molar-refractivity contribution in [2.45, 2.75) is 10.7 Å². The molecule has 0 aliphatic heterocycles. The van der Waals surface area contributed by atoms with Crippen LogP contribution in [0.3, 0.4) is 0 Å². The van der Waals surface area contributed by atoms with Gasteiger partial charge in [-0.05, 0) is 23.3 Å². The van der Waals surface area contributed by atoms with Crippen LogP contribution in [-0.2, 0) is 10.7 Å². The van der Waals surface area contributed by atoms with Crippen LogP contribution in [0, 0.1) is 0 Å². The van der Waals surface area contributed by atoms with Crippen molar-refractivity contribution in [1.82, 2.24) is 0 Å². The summed E-state index contributed by atoms with van der Waals surface area (Å²) < 4.78 is 5.49. The molecule has 0 saturated carbocycles. The molecule has 0 aliphatic rings. The van der Waals surface area contributed by atoms with E-state index in [1.807, 2.05) is 6.07 Å². The van der Waals surface area contributed by atoms with Gasteiger partial charge in [0.2, 0.25) is 0 Å². The number of alkyl halides is 2. The van der Waals surface area contributed by atoms with Crippen LogP contribution in [0.5, 0.6) is 5.75 Å². The van der Waals surface area contributed by atoms with Crippen LogP contribution < -0.4 is 4.74 Å². The molecule has 2 rings (SSSR count). The van der Waals surface area contributed by atoms with Crippen molar-refractivity contribution in [2.24, 2.45) is 0 Å². The topological polar surface area (TPSA) is 9.23 Å². The van der Waals surface area contributed by atoms with Gasteiger partial charge in [0.25, 0.3) is 0 Å². The number of hydrogen-bond acceptors (Lipinski definition) is 1. The normalized spacial score (nSPS) is 10.4. The van der Waals surface area contributed by atoms with Gasteiger partial charge in [0.05, 0.1) is 7.11 Å². The first-order valence-corrected chi connectivity index (χ1v) is 7.91. The summed E-state index contributed by atoms with van der Waals surface area (Å²) in [5, 5.41) is 1.58. The molecular formula is C15H14Br2O. The van der Waals surface area contributed by atoms with Gasteiger partial charge < -0.3 is 4.74 Å². The zero-order chi connectivity index (χ0) is 13.0. The summed E-state index contributed by atoms with van der Waals surface area (Å²) in [7, 11) is 1.72. The molecule has 18 heavy (non-hydrogen) atoms. The summed E-state index contributed by atoms with van der Waals surface area (Å²) in [4.78, 5) is 0. The van der Waals surface area contributed by atoms with Gasteiger partial charge in [-0.2, -0.15) is 0 Å². The highest BCUT2D eigenvalue weighted by Crippen LogP contribution is 2.33. The highest BCUT2D eigenvalue weighted by atomic mass is 79.9. The van der Waals surface area contributed by atoms with Gasteiger partial charge in [-0.25, -0.2) is 0 Å². The Hall–Kier alpha value is -0.800. The third-order valence-corrected chi connectivity index (χ3v) is 4.05. The number of ether oxygens (including phenoxy) is 1. The SMILES string of the molecule is COc1c(CBr)cc(-c2ccccc2)cc1CBr. The summed E-state index contributed by atoms with van der Waals surface area (Å²) in [5.41, 5.74) is 4.80. The molecule has 0 radical (unpaired) electrons. The minimum Gasteiger partial charge on any atom is -0.496 e. The monoisotopic (exact) mass is 368 g/mol. The van der Waals surface area contributed by atoms with Crippen LogP contribution >= 0.6 is 31.9 Å². The van der Waals surface area contributed by atoms with Crippen LogP contribution in [0.15, 0.2) is 42.5 Å². The lowest BCUT2D eigenvalue weighted by molar-refractivity contribution is 0.408. The Balaban J connectivity index is 2.57. The van der Waals surface area contributed by atoms with Crippen molar-refractivity contribution < 1.29 is 4.74 Å². The first kappa shape index (κ1) is 13.6. The summed E-state index contributed by atoms with van der Waals surface area (Å²) in [6, 6.07) is 14.7. The maximum Gasteiger partial charge on any atom is 0.126 e. The van der Waals surface area contributed by atoms with Gasteiger partial charge in [-0.15, -0.1) is 0 Å². The second-order valence-corrected chi connectivity index (χ2v) is 5.08. The van der Waals surface area contributed by atoms with Crippen LogP contribution in [0.1, 0.15) is 11.1 Å². The van der Waals surface area contributed by atoms with Crippen molar-refractivity contribution in [2.75, 3.05) is 7.11 Å². The van der Waals surface area contributed by atoms with E-state index in [9.17, 15) is 0 Å². The summed E-state index contributed by atoms with van der Waals surface area (Å²) in [6.07, 6.45) is 0. The molecular weight excluding hydrogens is 356 g/mol. The van der Waals surface area contributed by atoms with E-state index in [1.165, 1.54) is 22.3 Å². The zero-order valence-electron chi connectivity index (χ0n) is 10.1. The highest BCUT2D eigenvalue weighted by Gasteiger charge is 2.11. The molecule has 0 heterocycles. The fourth-order valence-corrected chi connectivity index (χ4v) is 2.85. The first-order chi connectivity index (χ1) is 8.80. The van der Waals surface area contributed by atoms with E-state index >= 15 is 0 Å². The van der Waals surface area contributed by atoms with E-state index in [0.717, 1.165) is 16.4 Å². The molecule has 0 spiro atoms. The van der Waals surface area contributed by atoms with Crippen molar-refractivity contribution >= 4 is 31.9 Å². The minimum absolute atomic E-state index is 0.789. The molecule has 2 aromatic rings. The number of benzene rings is 2. The fraction of sp³-hybridized carbons (Fsp3) is 0.200. The second kappa shape index (κ2) is 6.39. The van der Waals surface area contributed by atoms with E-state index in [-0.39, 0.29) is 0 Å². The zero-order valence-corrected chi connectivity index (χ0v) is 13.3. The molecule has 94 valence electrons. The van der Waals surface area contributed by atoms with Gasteiger partial charge in [0.15, 0.2) is 0 Å². The van der Waals surface area contributed by atoms with Gasteiger partial charge in [0.1, 0.15) is 5.75 Å². The van der Waals surface area contributed by atoms with Crippen molar-refractivity contribution in [3.63, 3.8) is 0 Å². The molecule has 0 amide bonds. The molecule has 2 aromatic carbocycles. The third kappa shape index (κ3) is 2.78. The van der Waals surface area contributed by atoms with Gasteiger partial charge in [-0.3, -0.25) is 0 Å². The molecule has 0 aromatic heterocycles. The van der Waals surface area contributed by atoms with E-state index < -0.39 is 0 Å². The van der Waals surface area contributed by atoms with Gasteiger partial charge in [0, 0.05) is 21.8 Å². The molecule has 0 unspecified atom stereocenters. The minimum atomic E-state index is 0.789. The number of methoxy groups -OCH3 is 1. The molecule has 0 bridgehead atoms. The number of rotatable bonds is 4. The Morgan fingerprint density at radius 2 is 1.44 bits per heavy atom. The maximum absolute atomic E-state index is 5.49. The van der Waals surface area contributed by atoms with Gasteiger partial charge >= 0.3 is 0 Å². The summed E-state index contributed by atoms with van der Waals surface area (Å²) >= 11 is 7.05. The van der Waals surface area contributed by atoms with Crippen LogP contribution in [0.25, 0.3) is 11.1 Å². The van der Waals surface area contributed by atoms with Gasteiger partial charge in [-0.1, -0.05) is 62.2 Å². The molecule has 0 fully saturated rings.